The van der Waals surface area contributed by atoms with Crippen molar-refractivity contribution in [3.63, 3.8) is 0 Å². The van der Waals surface area contributed by atoms with Gasteiger partial charge in [-0.05, 0) is 74.9 Å². The van der Waals surface area contributed by atoms with E-state index in [0.717, 1.165) is 18.8 Å². The third-order valence-corrected chi connectivity index (χ3v) is 4.65. The van der Waals surface area contributed by atoms with Crippen molar-refractivity contribution in [3.05, 3.63) is 29.3 Å². The zero-order chi connectivity index (χ0) is 15.4. The lowest BCUT2D eigenvalue weighted by atomic mass is 9.84. The maximum Gasteiger partial charge on any atom is 0.226 e. The second-order valence-electron chi connectivity index (χ2n) is 6.57. The Kier molecular flexibility index (Phi) is 7.37. The second-order valence-corrected chi connectivity index (χ2v) is 6.57. The lowest BCUT2D eigenvalue weighted by Gasteiger charge is -2.29. The zero-order valence-electron chi connectivity index (χ0n) is 14.2. The molecule has 0 saturated carbocycles. The van der Waals surface area contributed by atoms with Crippen molar-refractivity contribution in [2.45, 2.75) is 40.0 Å². The molecule has 1 atom stereocenters. The highest BCUT2D eigenvalue weighted by Gasteiger charge is 2.23. The molecule has 0 spiro atoms. The SMILES string of the molecule is Cc1cc(C)cc(N(C)C(=O)CC(C)C2CCNCC2)c1.Cl. The number of rotatable bonds is 4. The standard InChI is InChI=1S/C18H28N2O.ClH/c1-13-9-14(2)11-17(10-13)20(4)18(21)12-15(3)16-5-7-19-8-6-16;/h9-11,15-16,19H,5-8,12H2,1-4H3;1H. The fraction of sp³-hybridized carbons (Fsp3) is 0.611. The van der Waals surface area contributed by atoms with Gasteiger partial charge in [-0.3, -0.25) is 4.79 Å². The number of hydrogen-bond acceptors (Lipinski definition) is 2. The van der Waals surface area contributed by atoms with Gasteiger partial charge in [-0.15, -0.1) is 12.4 Å². The van der Waals surface area contributed by atoms with E-state index in [0.29, 0.717) is 18.3 Å². The number of carbonyl (C=O) groups excluding carboxylic acids is 1. The van der Waals surface area contributed by atoms with E-state index in [9.17, 15) is 4.79 Å². The van der Waals surface area contributed by atoms with Gasteiger partial charge in [0, 0.05) is 19.2 Å². The van der Waals surface area contributed by atoms with E-state index < -0.39 is 0 Å². The van der Waals surface area contributed by atoms with Crippen LogP contribution in [0.3, 0.4) is 0 Å². The first-order valence-electron chi connectivity index (χ1n) is 8.03. The van der Waals surface area contributed by atoms with Crippen molar-refractivity contribution in [2.24, 2.45) is 11.8 Å². The molecule has 2 rings (SSSR count). The minimum absolute atomic E-state index is 0. The maximum absolute atomic E-state index is 12.5. The summed E-state index contributed by atoms with van der Waals surface area (Å²) in [5.41, 5.74) is 3.42. The van der Waals surface area contributed by atoms with E-state index in [-0.39, 0.29) is 18.3 Å². The molecule has 3 nitrogen and oxygen atoms in total. The summed E-state index contributed by atoms with van der Waals surface area (Å²) >= 11 is 0. The van der Waals surface area contributed by atoms with Crippen molar-refractivity contribution in [3.8, 4) is 0 Å². The van der Waals surface area contributed by atoms with Crippen molar-refractivity contribution in [1.29, 1.82) is 0 Å². The number of hydrogen-bond donors (Lipinski definition) is 1. The van der Waals surface area contributed by atoms with Gasteiger partial charge in [-0.1, -0.05) is 13.0 Å². The number of halogens is 1. The number of amides is 1. The van der Waals surface area contributed by atoms with Crippen LogP contribution >= 0.6 is 12.4 Å². The van der Waals surface area contributed by atoms with Crippen LogP contribution in [-0.2, 0) is 4.79 Å². The van der Waals surface area contributed by atoms with Crippen LogP contribution in [0.1, 0.15) is 37.3 Å². The third-order valence-electron chi connectivity index (χ3n) is 4.65. The summed E-state index contributed by atoms with van der Waals surface area (Å²) in [6.45, 7) is 8.56. The molecule has 1 aromatic carbocycles. The summed E-state index contributed by atoms with van der Waals surface area (Å²) in [5.74, 6) is 1.38. The Hall–Kier alpha value is -1.06. The number of anilines is 1. The average molecular weight is 325 g/mol. The molecule has 1 heterocycles. The van der Waals surface area contributed by atoms with E-state index in [1.54, 1.807) is 0 Å². The van der Waals surface area contributed by atoms with Gasteiger partial charge in [0.05, 0.1) is 0 Å². The largest absolute Gasteiger partial charge is 0.317 e. The lowest BCUT2D eigenvalue weighted by molar-refractivity contribution is -0.119. The monoisotopic (exact) mass is 324 g/mol. The summed E-state index contributed by atoms with van der Waals surface area (Å²) in [6, 6.07) is 6.31. The fourth-order valence-electron chi connectivity index (χ4n) is 3.28. The molecule has 0 aromatic heterocycles. The van der Waals surface area contributed by atoms with Crippen molar-refractivity contribution >= 4 is 24.0 Å². The molecule has 124 valence electrons. The van der Waals surface area contributed by atoms with Gasteiger partial charge >= 0.3 is 0 Å². The van der Waals surface area contributed by atoms with E-state index in [1.165, 1.54) is 24.0 Å². The predicted molar refractivity (Wildman–Crippen MR) is 95.9 cm³/mol. The van der Waals surface area contributed by atoms with Crippen molar-refractivity contribution in [1.82, 2.24) is 5.32 Å². The summed E-state index contributed by atoms with van der Waals surface area (Å²) < 4.78 is 0. The van der Waals surface area contributed by atoms with E-state index in [2.05, 4.69) is 44.3 Å². The normalized spacial score (nSPS) is 16.7. The van der Waals surface area contributed by atoms with Crippen LogP contribution in [0, 0.1) is 25.7 Å². The molecule has 1 unspecified atom stereocenters. The van der Waals surface area contributed by atoms with Crippen molar-refractivity contribution < 1.29 is 4.79 Å². The quantitative estimate of drug-likeness (QED) is 0.915. The van der Waals surface area contributed by atoms with Crippen LogP contribution in [-0.4, -0.2) is 26.0 Å². The summed E-state index contributed by atoms with van der Waals surface area (Å²) in [5, 5.41) is 3.39. The Bertz CT molecular complexity index is 478. The molecule has 1 N–H and O–H groups in total. The fourth-order valence-corrected chi connectivity index (χ4v) is 3.28. The average Bonchev–Trinajstić information content (AvgIpc) is 2.46. The van der Waals surface area contributed by atoms with Gasteiger partial charge in [0.25, 0.3) is 0 Å². The maximum atomic E-state index is 12.5. The minimum atomic E-state index is 0. The van der Waals surface area contributed by atoms with Gasteiger partial charge in [0.1, 0.15) is 0 Å². The molecular weight excluding hydrogens is 296 g/mol. The molecule has 1 fully saturated rings. The van der Waals surface area contributed by atoms with Crippen LogP contribution in [0.5, 0.6) is 0 Å². The molecule has 0 bridgehead atoms. The highest BCUT2D eigenvalue weighted by atomic mass is 35.5. The molecule has 1 aromatic rings. The molecule has 1 aliphatic rings. The Labute approximate surface area is 140 Å². The number of nitrogens with zero attached hydrogens (tertiary/aromatic N) is 1. The number of nitrogens with one attached hydrogen (secondary N) is 1. The van der Waals surface area contributed by atoms with Crippen LogP contribution in [0.25, 0.3) is 0 Å². The first-order chi connectivity index (χ1) is 9.97. The number of piperidine rings is 1. The number of benzene rings is 1. The van der Waals surface area contributed by atoms with Crippen LogP contribution in [0.15, 0.2) is 18.2 Å². The molecule has 22 heavy (non-hydrogen) atoms. The first kappa shape index (κ1) is 19.0. The van der Waals surface area contributed by atoms with Gasteiger partial charge in [0.15, 0.2) is 0 Å². The van der Waals surface area contributed by atoms with Crippen LogP contribution < -0.4 is 10.2 Å². The zero-order valence-corrected chi connectivity index (χ0v) is 15.0. The Morgan fingerprint density at radius 2 is 1.77 bits per heavy atom. The van der Waals surface area contributed by atoms with Crippen molar-refractivity contribution in [2.75, 3.05) is 25.0 Å². The Morgan fingerprint density at radius 1 is 1.23 bits per heavy atom. The summed E-state index contributed by atoms with van der Waals surface area (Å²) in [6.07, 6.45) is 3.04. The third kappa shape index (κ3) is 4.99. The molecule has 4 heteroatoms. The Balaban J connectivity index is 0.00000242. The van der Waals surface area contributed by atoms with E-state index in [1.807, 2.05) is 11.9 Å². The minimum Gasteiger partial charge on any atom is -0.317 e. The van der Waals surface area contributed by atoms with E-state index in [4.69, 9.17) is 0 Å². The van der Waals surface area contributed by atoms with Gasteiger partial charge in [0.2, 0.25) is 5.91 Å². The number of carbonyl (C=O) groups is 1. The summed E-state index contributed by atoms with van der Waals surface area (Å²) in [7, 11) is 1.89. The highest BCUT2D eigenvalue weighted by Crippen LogP contribution is 2.26. The van der Waals surface area contributed by atoms with Crippen LogP contribution in [0.2, 0.25) is 0 Å². The predicted octanol–water partition coefficient (Wildman–Crippen LogP) is 3.71. The van der Waals surface area contributed by atoms with Crippen LogP contribution in [0.4, 0.5) is 5.69 Å². The van der Waals surface area contributed by atoms with Gasteiger partial charge in [-0.2, -0.15) is 0 Å². The topological polar surface area (TPSA) is 32.3 Å². The highest BCUT2D eigenvalue weighted by molar-refractivity contribution is 5.93. The van der Waals surface area contributed by atoms with Gasteiger partial charge < -0.3 is 10.2 Å². The molecule has 0 aliphatic carbocycles. The molecule has 1 aliphatic heterocycles. The van der Waals surface area contributed by atoms with Gasteiger partial charge in [-0.25, -0.2) is 0 Å². The molecular formula is C18H29ClN2O. The second kappa shape index (κ2) is 8.54. The Morgan fingerprint density at radius 3 is 2.32 bits per heavy atom. The smallest absolute Gasteiger partial charge is 0.226 e. The number of aryl methyl sites for hydroxylation is 2. The lowest BCUT2D eigenvalue weighted by Crippen LogP contribution is -2.34. The van der Waals surface area contributed by atoms with E-state index >= 15 is 0 Å². The first-order valence-corrected chi connectivity index (χ1v) is 8.03. The summed E-state index contributed by atoms with van der Waals surface area (Å²) in [4.78, 5) is 14.3. The molecule has 1 saturated heterocycles. The molecule has 0 radical (unpaired) electrons. The molecule has 1 amide bonds.